The van der Waals surface area contributed by atoms with Crippen LogP contribution < -0.4 is 5.32 Å². The Labute approximate surface area is 130 Å². The Morgan fingerprint density at radius 1 is 1.24 bits per heavy atom. The number of hydrogen-bond acceptors (Lipinski definition) is 4. The number of nitrogens with one attached hydrogen (secondary N) is 1. The Kier molecular flexibility index (Phi) is 6.06. The minimum absolute atomic E-state index is 0.172. The molecule has 0 amide bonds. The SMILES string of the molecule is CN(CC1CCCOC1)CC1(CNC(C)(C)C)CCOC1. The second kappa shape index (κ2) is 7.40. The maximum atomic E-state index is 5.73. The van der Waals surface area contributed by atoms with Gasteiger partial charge in [0.15, 0.2) is 0 Å². The lowest BCUT2D eigenvalue weighted by Crippen LogP contribution is -2.49. The fourth-order valence-electron chi connectivity index (χ4n) is 3.45. The molecule has 0 saturated carbocycles. The van der Waals surface area contributed by atoms with E-state index in [9.17, 15) is 0 Å². The van der Waals surface area contributed by atoms with Crippen molar-refractivity contribution in [2.45, 2.75) is 45.6 Å². The van der Waals surface area contributed by atoms with Crippen LogP contribution in [0.5, 0.6) is 0 Å². The van der Waals surface area contributed by atoms with Gasteiger partial charge in [-0.05, 0) is 53.0 Å². The quantitative estimate of drug-likeness (QED) is 0.814. The molecule has 21 heavy (non-hydrogen) atoms. The molecule has 1 N–H and O–H groups in total. The number of nitrogens with zero attached hydrogens (tertiary/aromatic N) is 1. The molecule has 0 bridgehead atoms. The van der Waals surface area contributed by atoms with E-state index in [0.717, 1.165) is 46.1 Å². The van der Waals surface area contributed by atoms with Crippen LogP contribution in [-0.2, 0) is 9.47 Å². The Morgan fingerprint density at radius 3 is 2.62 bits per heavy atom. The molecule has 0 aromatic rings. The molecule has 2 saturated heterocycles. The first-order valence-electron chi connectivity index (χ1n) is 8.48. The summed E-state index contributed by atoms with van der Waals surface area (Å²) in [5.41, 5.74) is 0.447. The second-order valence-corrected chi connectivity index (χ2v) is 8.19. The summed E-state index contributed by atoms with van der Waals surface area (Å²) < 4.78 is 11.3. The van der Waals surface area contributed by atoms with Gasteiger partial charge < -0.3 is 19.7 Å². The van der Waals surface area contributed by atoms with Gasteiger partial charge >= 0.3 is 0 Å². The van der Waals surface area contributed by atoms with Crippen LogP contribution in [0, 0.1) is 11.3 Å². The van der Waals surface area contributed by atoms with Crippen molar-refractivity contribution in [3.63, 3.8) is 0 Å². The molecule has 2 aliphatic rings. The van der Waals surface area contributed by atoms with Gasteiger partial charge in [-0.25, -0.2) is 0 Å². The van der Waals surface area contributed by atoms with Gasteiger partial charge in [0.05, 0.1) is 13.2 Å². The summed E-state index contributed by atoms with van der Waals surface area (Å²) in [5.74, 6) is 0.707. The molecule has 0 spiro atoms. The molecule has 0 radical (unpaired) electrons. The molecule has 0 aromatic heterocycles. The lowest BCUT2D eigenvalue weighted by Gasteiger charge is -2.37. The van der Waals surface area contributed by atoms with Gasteiger partial charge in [0, 0.05) is 43.8 Å². The van der Waals surface area contributed by atoms with Gasteiger partial charge in [-0.15, -0.1) is 0 Å². The van der Waals surface area contributed by atoms with Crippen molar-refractivity contribution in [3.05, 3.63) is 0 Å². The van der Waals surface area contributed by atoms with E-state index >= 15 is 0 Å². The molecular formula is C17H34N2O2. The number of hydrogen-bond donors (Lipinski definition) is 1. The molecule has 4 heteroatoms. The highest BCUT2D eigenvalue weighted by atomic mass is 16.5. The first kappa shape index (κ1) is 17.2. The monoisotopic (exact) mass is 298 g/mol. The fraction of sp³-hybridized carbons (Fsp3) is 1.00. The highest BCUT2D eigenvalue weighted by Crippen LogP contribution is 2.30. The van der Waals surface area contributed by atoms with E-state index in [2.05, 4.69) is 38.0 Å². The molecule has 2 rings (SSSR count). The van der Waals surface area contributed by atoms with Crippen molar-refractivity contribution in [1.82, 2.24) is 10.2 Å². The lowest BCUT2D eigenvalue weighted by molar-refractivity contribution is 0.0333. The van der Waals surface area contributed by atoms with E-state index < -0.39 is 0 Å². The summed E-state index contributed by atoms with van der Waals surface area (Å²) in [6.45, 7) is 13.7. The molecule has 2 fully saturated rings. The molecular weight excluding hydrogens is 264 g/mol. The molecule has 2 heterocycles. The molecule has 2 unspecified atom stereocenters. The summed E-state index contributed by atoms with van der Waals surface area (Å²) in [6.07, 6.45) is 3.70. The zero-order chi connectivity index (χ0) is 15.3. The Hall–Kier alpha value is -0.160. The van der Waals surface area contributed by atoms with E-state index in [-0.39, 0.29) is 11.0 Å². The normalized spacial score (nSPS) is 31.0. The van der Waals surface area contributed by atoms with E-state index in [1.807, 2.05) is 0 Å². The van der Waals surface area contributed by atoms with Crippen LogP contribution >= 0.6 is 0 Å². The predicted octanol–water partition coefficient (Wildman–Crippen LogP) is 2.14. The summed E-state index contributed by atoms with van der Waals surface area (Å²) in [7, 11) is 2.26. The Morgan fingerprint density at radius 2 is 2.05 bits per heavy atom. The van der Waals surface area contributed by atoms with Gasteiger partial charge in [0.1, 0.15) is 0 Å². The molecule has 2 aliphatic heterocycles. The van der Waals surface area contributed by atoms with Crippen LogP contribution in [0.3, 0.4) is 0 Å². The average molecular weight is 298 g/mol. The Balaban J connectivity index is 1.83. The van der Waals surface area contributed by atoms with E-state index in [1.165, 1.54) is 19.3 Å². The van der Waals surface area contributed by atoms with Crippen molar-refractivity contribution in [1.29, 1.82) is 0 Å². The number of rotatable bonds is 6. The van der Waals surface area contributed by atoms with Gasteiger partial charge in [0.25, 0.3) is 0 Å². The predicted molar refractivity (Wildman–Crippen MR) is 86.7 cm³/mol. The highest BCUT2D eigenvalue weighted by molar-refractivity contribution is 4.90. The summed E-state index contributed by atoms with van der Waals surface area (Å²) in [4.78, 5) is 2.50. The summed E-state index contributed by atoms with van der Waals surface area (Å²) in [5, 5.41) is 3.68. The van der Waals surface area contributed by atoms with Crippen LogP contribution in [0.1, 0.15) is 40.0 Å². The maximum absolute atomic E-state index is 5.73. The molecule has 2 atom stereocenters. The van der Waals surface area contributed by atoms with Gasteiger partial charge in [0.2, 0.25) is 0 Å². The van der Waals surface area contributed by atoms with Crippen molar-refractivity contribution in [3.8, 4) is 0 Å². The van der Waals surface area contributed by atoms with Crippen molar-refractivity contribution < 1.29 is 9.47 Å². The zero-order valence-electron chi connectivity index (χ0n) is 14.4. The minimum atomic E-state index is 0.172. The topological polar surface area (TPSA) is 33.7 Å². The summed E-state index contributed by atoms with van der Waals surface area (Å²) >= 11 is 0. The van der Waals surface area contributed by atoms with Crippen LogP contribution in [-0.4, -0.2) is 63.5 Å². The molecule has 4 nitrogen and oxygen atoms in total. The van der Waals surface area contributed by atoms with Gasteiger partial charge in [-0.2, -0.15) is 0 Å². The van der Waals surface area contributed by atoms with E-state index in [0.29, 0.717) is 5.92 Å². The highest BCUT2D eigenvalue weighted by Gasteiger charge is 2.37. The molecule has 0 aromatic carbocycles. The zero-order valence-corrected chi connectivity index (χ0v) is 14.4. The fourth-order valence-corrected chi connectivity index (χ4v) is 3.45. The Bertz CT molecular complexity index is 302. The maximum Gasteiger partial charge on any atom is 0.0547 e. The molecule has 0 aliphatic carbocycles. The second-order valence-electron chi connectivity index (χ2n) is 8.19. The van der Waals surface area contributed by atoms with Crippen LogP contribution in [0.2, 0.25) is 0 Å². The first-order valence-corrected chi connectivity index (χ1v) is 8.48. The molecule has 124 valence electrons. The smallest absolute Gasteiger partial charge is 0.0547 e. The minimum Gasteiger partial charge on any atom is -0.381 e. The third-order valence-corrected chi connectivity index (χ3v) is 4.61. The van der Waals surface area contributed by atoms with Gasteiger partial charge in [-0.3, -0.25) is 0 Å². The van der Waals surface area contributed by atoms with Crippen LogP contribution in [0.4, 0.5) is 0 Å². The van der Waals surface area contributed by atoms with Crippen LogP contribution in [0.15, 0.2) is 0 Å². The van der Waals surface area contributed by atoms with Crippen molar-refractivity contribution in [2.24, 2.45) is 11.3 Å². The lowest BCUT2D eigenvalue weighted by atomic mass is 9.85. The van der Waals surface area contributed by atoms with Crippen molar-refractivity contribution >= 4 is 0 Å². The first-order chi connectivity index (χ1) is 9.89. The standard InChI is InChI=1S/C17H34N2O2/c1-16(2,3)18-12-17(7-9-21-14-17)13-19(4)10-15-6-5-8-20-11-15/h15,18H,5-14H2,1-4H3. The average Bonchev–Trinajstić information content (AvgIpc) is 2.86. The van der Waals surface area contributed by atoms with Gasteiger partial charge in [-0.1, -0.05) is 0 Å². The van der Waals surface area contributed by atoms with Crippen molar-refractivity contribution in [2.75, 3.05) is 53.1 Å². The van der Waals surface area contributed by atoms with E-state index in [4.69, 9.17) is 9.47 Å². The third kappa shape index (κ3) is 5.85. The van der Waals surface area contributed by atoms with E-state index in [1.54, 1.807) is 0 Å². The number of ether oxygens (including phenoxy) is 2. The largest absolute Gasteiger partial charge is 0.381 e. The van der Waals surface area contributed by atoms with Crippen LogP contribution in [0.25, 0.3) is 0 Å². The third-order valence-electron chi connectivity index (χ3n) is 4.61. The summed E-state index contributed by atoms with van der Waals surface area (Å²) in [6, 6.07) is 0.